The van der Waals surface area contributed by atoms with Crippen LogP contribution in [0.2, 0.25) is 5.02 Å². The highest BCUT2D eigenvalue weighted by atomic mass is 35.5. The van der Waals surface area contributed by atoms with Crippen LogP contribution in [0.4, 0.5) is 0 Å². The molecule has 4 heteroatoms. The molecule has 0 saturated carbocycles. The van der Waals surface area contributed by atoms with Crippen LogP contribution < -0.4 is 0 Å². The molecule has 0 saturated heterocycles. The molecule has 0 fully saturated rings. The maximum atomic E-state index is 5.84. The second-order valence-corrected chi connectivity index (χ2v) is 2.96. The summed E-state index contributed by atoms with van der Waals surface area (Å²) in [6.45, 7) is 2.42. The second kappa shape index (κ2) is 5.50. The van der Waals surface area contributed by atoms with Crippen LogP contribution >= 0.6 is 11.6 Å². The normalized spacial score (nSPS) is 11.2. The number of halogens is 1. The predicted molar refractivity (Wildman–Crippen MR) is 56.6 cm³/mol. The quantitative estimate of drug-likeness (QED) is 0.439. The van der Waals surface area contributed by atoms with Gasteiger partial charge in [-0.1, -0.05) is 17.7 Å². The third-order valence-corrected chi connectivity index (χ3v) is 1.76. The molecule has 0 spiro atoms. The van der Waals surface area contributed by atoms with Crippen LogP contribution in [0.15, 0.2) is 29.4 Å². The number of ether oxygens (including phenoxy) is 1. The van der Waals surface area contributed by atoms with Crippen LogP contribution in [-0.2, 0) is 9.57 Å². The molecule has 0 radical (unpaired) electrons. The van der Waals surface area contributed by atoms with Gasteiger partial charge in [0.15, 0.2) is 0 Å². The van der Waals surface area contributed by atoms with Gasteiger partial charge in [0, 0.05) is 10.6 Å². The van der Waals surface area contributed by atoms with E-state index in [2.05, 4.69) is 9.99 Å². The molecule has 0 aliphatic heterocycles. The number of rotatable bonds is 3. The molecule has 1 rings (SSSR count). The highest BCUT2D eigenvalue weighted by Gasteiger charge is 2.04. The molecular formula is C10H12ClNO2. The van der Waals surface area contributed by atoms with E-state index in [9.17, 15) is 0 Å². The lowest BCUT2D eigenvalue weighted by Crippen LogP contribution is -2.06. The van der Waals surface area contributed by atoms with E-state index in [1.54, 1.807) is 12.1 Å². The summed E-state index contributed by atoms with van der Waals surface area (Å²) < 4.78 is 5.29. The van der Waals surface area contributed by atoms with Crippen molar-refractivity contribution in [3.63, 3.8) is 0 Å². The average molecular weight is 214 g/mol. The summed E-state index contributed by atoms with van der Waals surface area (Å²) in [6, 6.07) is 7.26. The van der Waals surface area contributed by atoms with Crippen LogP contribution in [0, 0.1) is 0 Å². The van der Waals surface area contributed by atoms with Crippen molar-refractivity contribution in [3.05, 3.63) is 34.9 Å². The fourth-order valence-electron chi connectivity index (χ4n) is 1.00. The van der Waals surface area contributed by atoms with E-state index in [1.165, 1.54) is 7.11 Å². The molecule has 3 nitrogen and oxygen atoms in total. The minimum absolute atomic E-state index is 0.442. The van der Waals surface area contributed by atoms with Gasteiger partial charge in [0.05, 0.1) is 6.61 Å². The zero-order valence-corrected chi connectivity index (χ0v) is 8.91. The van der Waals surface area contributed by atoms with Crippen LogP contribution in [0.1, 0.15) is 12.5 Å². The molecular weight excluding hydrogens is 202 g/mol. The Balaban J connectivity index is 2.93. The van der Waals surface area contributed by atoms with Gasteiger partial charge in [0.25, 0.3) is 5.90 Å². The number of oxime groups is 1. The Labute approximate surface area is 88.3 Å². The molecule has 0 aliphatic rings. The molecule has 0 N–H and O–H groups in total. The van der Waals surface area contributed by atoms with Gasteiger partial charge in [-0.25, -0.2) is 0 Å². The Kier molecular flexibility index (Phi) is 4.26. The molecule has 0 bridgehead atoms. The average Bonchev–Trinajstić information content (AvgIpc) is 2.17. The monoisotopic (exact) mass is 213 g/mol. The molecule has 76 valence electrons. The Morgan fingerprint density at radius 3 is 2.86 bits per heavy atom. The molecule has 0 aliphatic carbocycles. The fourth-order valence-corrected chi connectivity index (χ4v) is 1.19. The summed E-state index contributed by atoms with van der Waals surface area (Å²) in [5.74, 6) is 0.442. The summed E-state index contributed by atoms with van der Waals surface area (Å²) in [7, 11) is 1.48. The van der Waals surface area contributed by atoms with Crippen LogP contribution in [-0.4, -0.2) is 19.6 Å². The topological polar surface area (TPSA) is 30.8 Å². The molecule has 0 heterocycles. The van der Waals surface area contributed by atoms with Gasteiger partial charge in [-0.15, -0.1) is 0 Å². The Hall–Kier alpha value is -1.22. The van der Waals surface area contributed by atoms with Gasteiger partial charge in [-0.2, -0.15) is 0 Å². The molecule has 0 atom stereocenters. The lowest BCUT2D eigenvalue weighted by Gasteiger charge is -2.06. The van der Waals surface area contributed by atoms with E-state index in [1.807, 2.05) is 19.1 Å². The summed E-state index contributed by atoms with van der Waals surface area (Å²) >= 11 is 5.84. The standard InChI is InChI=1S/C10H12ClNO2/c1-3-14-10(12-13-2)8-5-4-6-9(11)7-8/h4-7H,3H2,1-2H3/b12-10+. The maximum absolute atomic E-state index is 5.84. The van der Waals surface area contributed by atoms with Crippen molar-refractivity contribution < 1.29 is 9.57 Å². The van der Waals surface area contributed by atoms with Crippen molar-refractivity contribution in [1.29, 1.82) is 0 Å². The predicted octanol–water partition coefficient (Wildman–Crippen LogP) is 2.68. The lowest BCUT2D eigenvalue weighted by molar-refractivity contribution is 0.194. The molecule has 1 aromatic rings. The first kappa shape index (κ1) is 10.9. The van der Waals surface area contributed by atoms with Crippen molar-refractivity contribution in [3.8, 4) is 0 Å². The Bertz CT molecular complexity index is 326. The zero-order valence-electron chi connectivity index (χ0n) is 8.16. The number of hydrogen-bond donors (Lipinski definition) is 0. The van der Waals surface area contributed by atoms with Gasteiger partial charge in [-0.3, -0.25) is 0 Å². The number of nitrogens with zero attached hydrogens (tertiary/aromatic N) is 1. The maximum Gasteiger partial charge on any atom is 0.257 e. The third kappa shape index (κ3) is 2.92. The Morgan fingerprint density at radius 1 is 1.50 bits per heavy atom. The molecule has 0 unspecified atom stereocenters. The molecule has 0 aromatic heterocycles. The first-order chi connectivity index (χ1) is 6.77. The van der Waals surface area contributed by atoms with Gasteiger partial charge in [-0.05, 0) is 30.3 Å². The summed E-state index contributed by atoms with van der Waals surface area (Å²) in [5.41, 5.74) is 0.807. The molecule has 1 aromatic carbocycles. The number of benzene rings is 1. The third-order valence-electron chi connectivity index (χ3n) is 1.53. The largest absolute Gasteiger partial charge is 0.475 e. The zero-order chi connectivity index (χ0) is 10.4. The summed E-state index contributed by atoms with van der Waals surface area (Å²) in [6.07, 6.45) is 0. The first-order valence-electron chi connectivity index (χ1n) is 4.27. The first-order valence-corrected chi connectivity index (χ1v) is 4.65. The van der Waals surface area contributed by atoms with Crippen molar-refractivity contribution >= 4 is 17.5 Å². The lowest BCUT2D eigenvalue weighted by atomic mass is 10.2. The smallest absolute Gasteiger partial charge is 0.257 e. The van der Waals surface area contributed by atoms with E-state index < -0.39 is 0 Å². The van der Waals surface area contributed by atoms with Crippen molar-refractivity contribution in [2.45, 2.75) is 6.92 Å². The van der Waals surface area contributed by atoms with Crippen LogP contribution in [0.25, 0.3) is 0 Å². The van der Waals surface area contributed by atoms with Gasteiger partial charge in [0.2, 0.25) is 0 Å². The Morgan fingerprint density at radius 2 is 2.29 bits per heavy atom. The van der Waals surface area contributed by atoms with Crippen molar-refractivity contribution in [2.24, 2.45) is 5.16 Å². The van der Waals surface area contributed by atoms with E-state index in [4.69, 9.17) is 16.3 Å². The van der Waals surface area contributed by atoms with Gasteiger partial charge < -0.3 is 9.57 Å². The van der Waals surface area contributed by atoms with Gasteiger partial charge in [0.1, 0.15) is 7.11 Å². The highest BCUT2D eigenvalue weighted by Crippen LogP contribution is 2.12. The van der Waals surface area contributed by atoms with Crippen molar-refractivity contribution in [2.75, 3.05) is 13.7 Å². The fraction of sp³-hybridized carbons (Fsp3) is 0.300. The molecule has 0 amide bonds. The van der Waals surface area contributed by atoms with Crippen LogP contribution in [0.5, 0.6) is 0 Å². The number of hydrogen-bond acceptors (Lipinski definition) is 3. The summed E-state index contributed by atoms with van der Waals surface area (Å²) in [4.78, 5) is 4.67. The van der Waals surface area contributed by atoms with E-state index in [0.717, 1.165) is 5.56 Å². The van der Waals surface area contributed by atoms with Gasteiger partial charge >= 0.3 is 0 Å². The SMILES string of the molecule is CCO/C(=N/OC)c1cccc(Cl)c1. The minimum atomic E-state index is 0.442. The van der Waals surface area contributed by atoms with E-state index in [-0.39, 0.29) is 0 Å². The van der Waals surface area contributed by atoms with Crippen molar-refractivity contribution in [1.82, 2.24) is 0 Å². The second-order valence-electron chi connectivity index (χ2n) is 2.52. The summed E-state index contributed by atoms with van der Waals surface area (Å²) in [5, 5.41) is 4.41. The highest BCUT2D eigenvalue weighted by molar-refractivity contribution is 6.30. The minimum Gasteiger partial charge on any atom is -0.475 e. The van der Waals surface area contributed by atoms with E-state index in [0.29, 0.717) is 17.5 Å². The van der Waals surface area contributed by atoms with Crippen LogP contribution in [0.3, 0.4) is 0 Å². The molecule has 14 heavy (non-hydrogen) atoms. The van der Waals surface area contributed by atoms with E-state index >= 15 is 0 Å².